The smallest absolute Gasteiger partial charge is 0.254 e. The zero-order valence-corrected chi connectivity index (χ0v) is 23.8. The predicted molar refractivity (Wildman–Crippen MR) is 162 cm³/mol. The van der Waals surface area contributed by atoms with Crippen molar-refractivity contribution in [3.05, 3.63) is 111 Å². The minimum Gasteiger partial charge on any atom is -0.492 e. The van der Waals surface area contributed by atoms with E-state index in [0.29, 0.717) is 33.4 Å². The molecule has 0 bridgehead atoms. The highest BCUT2D eigenvalue weighted by Gasteiger charge is 2.29. The Labute approximate surface area is 245 Å². The fraction of sp³-hybridized carbons (Fsp3) is 0.273. The highest BCUT2D eigenvalue weighted by Crippen LogP contribution is 2.25. The largest absolute Gasteiger partial charge is 0.492 e. The maximum atomic E-state index is 13.6. The molecule has 3 aromatic rings. The average Bonchev–Trinajstić information content (AvgIpc) is 2.98. The highest BCUT2D eigenvalue weighted by atomic mass is 35.5. The van der Waals surface area contributed by atoms with Gasteiger partial charge in [-0.15, -0.1) is 0 Å². The van der Waals surface area contributed by atoms with Gasteiger partial charge >= 0.3 is 0 Å². The van der Waals surface area contributed by atoms with E-state index in [0.717, 1.165) is 36.5 Å². The number of Topliss-reactive ketones (excluding diaryl/α,β-unsaturated/α-hetero) is 1. The number of hydrogen-bond acceptors (Lipinski definition) is 4. The Bertz CT molecular complexity index is 1320. The van der Waals surface area contributed by atoms with E-state index in [4.69, 9.17) is 27.9 Å². The first-order chi connectivity index (χ1) is 19.4. The Morgan fingerprint density at radius 2 is 1.27 bits per heavy atom. The van der Waals surface area contributed by atoms with Crippen LogP contribution in [0.25, 0.3) is 12.2 Å². The van der Waals surface area contributed by atoms with Crippen LogP contribution in [0.2, 0.25) is 10.0 Å². The topological polar surface area (TPSA) is 49.9 Å². The lowest BCUT2D eigenvalue weighted by molar-refractivity contribution is -0.113. The van der Waals surface area contributed by atoms with Gasteiger partial charge in [-0.05, 0) is 97.7 Å². The van der Waals surface area contributed by atoms with Gasteiger partial charge in [0.1, 0.15) is 12.4 Å². The molecular weight excluding hydrogens is 543 g/mol. The molecule has 0 spiro atoms. The normalized spacial score (nSPS) is 18.4. The molecule has 0 N–H and O–H groups in total. The van der Waals surface area contributed by atoms with E-state index >= 15 is 0 Å². The zero-order chi connectivity index (χ0) is 27.9. The minimum absolute atomic E-state index is 0.0774. The first-order valence-electron chi connectivity index (χ1n) is 13.7. The van der Waals surface area contributed by atoms with E-state index in [1.165, 1.54) is 19.3 Å². The van der Waals surface area contributed by atoms with Crippen LogP contribution in [-0.2, 0) is 4.79 Å². The number of ketones is 1. The number of nitrogens with zero attached hydrogens (tertiary/aromatic N) is 2. The van der Waals surface area contributed by atoms with E-state index in [9.17, 15) is 9.59 Å². The van der Waals surface area contributed by atoms with Crippen molar-refractivity contribution in [2.24, 2.45) is 0 Å². The molecule has 2 aliphatic heterocycles. The SMILES string of the molecule is O=C1/C(=C\c2ccc(Cl)cc2)CN(C(=O)c2ccc(OCCN3CCCCC3)cc2)C/C1=C\c1ccc(Cl)cc1. The average molecular weight is 576 g/mol. The van der Waals surface area contributed by atoms with Crippen LogP contribution in [0.5, 0.6) is 5.75 Å². The van der Waals surface area contributed by atoms with Crippen LogP contribution in [0.3, 0.4) is 0 Å². The molecule has 2 saturated heterocycles. The Morgan fingerprint density at radius 3 is 1.80 bits per heavy atom. The second-order valence-corrected chi connectivity index (χ2v) is 11.1. The first-order valence-corrected chi connectivity index (χ1v) is 14.4. The zero-order valence-electron chi connectivity index (χ0n) is 22.3. The number of rotatable bonds is 7. The molecule has 2 fully saturated rings. The molecule has 2 heterocycles. The van der Waals surface area contributed by atoms with Crippen LogP contribution in [0.15, 0.2) is 83.9 Å². The molecule has 5 rings (SSSR count). The summed E-state index contributed by atoms with van der Waals surface area (Å²) in [5.74, 6) is 0.525. The van der Waals surface area contributed by atoms with Crippen molar-refractivity contribution in [3.63, 3.8) is 0 Å². The number of ether oxygens (including phenoxy) is 1. The molecule has 0 radical (unpaired) electrons. The van der Waals surface area contributed by atoms with Crippen LogP contribution in [0.4, 0.5) is 0 Å². The van der Waals surface area contributed by atoms with Crippen molar-refractivity contribution in [2.45, 2.75) is 19.3 Å². The van der Waals surface area contributed by atoms with E-state index in [1.807, 2.05) is 48.6 Å². The van der Waals surface area contributed by atoms with Crippen molar-refractivity contribution >= 4 is 47.0 Å². The summed E-state index contributed by atoms with van der Waals surface area (Å²) >= 11 is 12.1. The van der Waals surface area contributed by atoms with E-state index in [2.05, 4.69) is 4.90 Å². The third-order valence-corrected chi connectivity index (χ3v) is 7.74. The molecule has 3 aromatic carbocycles. The first kappa shape index (κ1) is 28.2. The fourth-order valence-corrected chi connectivity index (χ4v) is 5.31. The Hall–Kier alpha value is -3.38. The summed E-state index contributed by atoms with van der Waals surface area (Å²) < 4.78 is 5.94. The summed E-state index contributed by atoms with van der Waals surface area (Å²) in [5.41, 5.74) is 3.33. The van der Waals surface area contributed by atoms with Gasteiger partial charge in [-0.2, -0.15) is 0 Å². The summed E-state index contributed by atoms with van der Waals surface area (Å²) in [6.45, 7) is 4.24. The van der Waals surface area contributed by atoms with E-state index in [-0.39, 0.29) is 24.8 Å². The Balaban J connectivity index is 1.32. The molecular formula is C33H32Cl2N2O3. The molecule has 0 unspecified atom stereocenters. The van der Waals surface area contributed by atoms with Crippen LogP contribution >= 0.6 is 23.2 Å². The van der Waals surface area contributed by atoms with Gasteiger partial charge in [0.05, 0.1) is 13.1 Å². The quantitative estimate of drug-likeness (QED) is 0.284. The molecule has 2 aliphatic rings. The number of carbonyl (C=O) groups is 2. The van der Waals surface area contributed by atoms with Crippen molar-refractivity contribution < 1.29 is 14.3 Å². The second kappa shape index (κ2) is 13.3. The summed E-state index contributed by atoms with van der Waals surface area (Å²) in [5, 5.41) is 1.24. The Morgan fingerprint density at radius 1 is 0.750 bits per heavy atom. The number of piperidine rings is 2. The summed E-state index contributed by atoms with van der Waals surface area (Å²) in [6.07, 6.45) is 7.48. The van der Waals surface area contributed by atoms with Crippen molar-refractivity contribution in [2.75, 3.05) is 39.3 Å². The maximum Gasteiger partial charge on any atom is 0.254 e. The molecule has 0 aliphatic carbocycles. The number of carbonyl (C=O) groups excluding carboxylic acids is 2. The fourth-order valence-electron chi connectivity index (χ4n) is 5.06. The van der Waals surface area contributed by atoms with Gasteiger partial charge in [0.25, 0.3) is 5.91 Å². The second-order valence-electron chi connectivity index (χ2n) is 10.2. The monoisotopic (exact) mass is 574 g/mol. The van der Waals surface area contributed by atoms with Gasteiger partial charge in [-0.3, -0.25) is 14.5 Å². The number of benzene rings is 3. The molecule has 1 amide bonds. The van der Waals surface area contributed by atoms with E-state index in [1.54, 1.807) is 41.3 Å². The summed E-state index contributed by atoms with van der Waals surface area (Å²) in [7, 11) is 0. The summed E-state index contributed by atoms with van der Waals surface area (Å²) in [6, 6.07) is 21.8. The molecule has 206 valence electrons. The number of halogens is 2. The van der Waals surface area contributed by atoms with Gasteiger partial charge in [0.2, 0.25) is 0 Å². The number of likely N-dealkylation sites (tertiary alicyclic amines) is 2. The number of hydrogen-bond donors (Lipinski definition) is 0. The van der Waals surface area contributed by atoms with Crippen LogP contribution in [-0.4, -0.2) is 60.8 Å². The molecule has 0 aromatic heterocycles. The molecule has 7 heteroatoms. The van der Waals surface area contributed by atoms with Crippen molar-refractivity contribution in [1.82, 2.24) is 9.80 Å². The third kappa shape index (κ3) is 7.42. The lowest BCUT2D eigenvalue weighted by Crippen LogP contribution is -2.41. The van der Waals surface area contributed by atoms with E-state index < -0.39 is 0 Å². The lowest BCUT2D eigenvalue weighted by atomic mass is 9.93. The molecule has 5 nitrogen and oxygen atoms in total. The van der Waals surface area contributed by atoms with Gasteiger partial charge in [0.15, 0.2) is 5.78 Å². The molecule has 40 heavy (non-hydrogen) atoms. The summed E-state index contributed by atoms with van der Waals surface area (Å²) in [4.78, 5) is 31.2. The van der Waals surface area contributed by atoms with Crippen LogP contribution < -0.4 is 4.74 Å². The predicted octanol–water partition coefficient (Wildman–Crippen LogP) is 7.05. The maximum absolute atomic E-state index is 13.6. The van der Waals surface area contributed by atoms with Crippen molar-refractivity contribution in [3.8, 4) is 5.75 Å². The molecule has 0 atom stereocenters. The standard InChI is InChI=1S/C33H32Cl2N2O3/c34-29-10-4-24(5-11-29)20-27-22-37(23-28(32(27)38)21-25-6-12-30(35)13-7-25)33(39)26-8-14-31(15-9-26)40-19-18-36-16-2-1-3-17-36/h4-15,20-21H,1-3,16-19,22-23H2/b27-20-,28-21+. The molecule has 0 saturated carbocycles. The van der Waals surface area contributed by atoms with Crippen molar-refractivity contribution in [1.29, 1.82) is 0 Å². The van der Waals surface area contributed by atoms with Gasteiger partial charge < -0.3 is 9.64 Å². The van der Waals surface area contributed by atoms with Gasteiger partial charge in [0, 0.05) is 33.3 Å². The lowest BCUT2D eigenvalue weighted by Gasteiger charge is -2.30. The van der Waals surface area contributed by atoms with Crippen LogP contribution in [0.1, 0.15) is 40.7 Å². The number of amides is 1. The van der Waals surface area contributed by atoms with Gasteiger partial charge in [-0.1, -0.05) is 53.9 Å². The highest BCUT2D eigenvalue weighted by molar-refractivity contribution is 6.31. The van der Waals surface area contributed by atoms with Gasteiger partial charge in [-0.25, -0.2) is 0 Å². The van der Waals surface area contributed by atoms with Crippen LogP contribution in [0, 0.1) is 0 Å². The third-order valence-electron chi connectivity index (χ3n) is 7.24. The minimum atomic E-state index is -0.142. The Kier molecular flexibility index (Phi) is 9.38.